The summed E-state index contributed by atoms with van der Waals surface area (Å²) in [6.45, 7) is 1.96. The van der Waals surface area contributed by atoms with Gasteiger partial charge in [0, 0.05) is 6.54 Å². The average Bonchev–Trinajstić information content (AvgIpc) is 2.94. The number of aryl methyl sites for hydroxylation is 1. The predicted octanol–water partition coefficient (Wildman–Crippen LogP) is -1.29. The summed E-state index contributed by atoms with van der Waals surface area (Å²) in [7, 11) is 0. The minimum absolute atomic E-state index is 0.134. The van der Waals surface area contributed by atoms with Crippen LogP contribution in [-0.4, -0.2) is 54.6 Å². The van der Waals surface area contributed by atoms with Crippen LogP contribution in [0.1, 0.15) is 11.9 Å². The van der Waals surface area contributed by atoms with Gasteiger partial charge in [-0.1, -0.05) is 0 Å². The van der Waals surface area contributed by atoms with E-state index in [4.69, 9.17) is 10.5 Å². The standard InChI is InChI=1S/C11H15N5O3/c1-5-7-10(14-3-13-5)16(4-15-7)11-9(18)8(17)6(2-12)19-11/h3-4,6,8-9,11,17-18H,2,12H2,1H3/t6-,8-,9-,11-/m1/s1. The molecule has 8 heteroatoms. The molecule has 0 saturated carbocycles. The second-order valence-electron chi connectivity index (χ2n) is 4.57. The van der Waals surface area contributed by atoms with Crippen LogP contribution in [0.4, 0.5) is 0 Å². The Morgan fingerprint density at radius 3 is 2.79 bits per heavy atom. The summed E-state index contributed by atoms with van der Waals surface area (Å²) in [4.78, 5) is 12.4. The highest BCUT2D eigenvalue weighted by molar-refractivity contribution is 5.72. The van der Waals surface area contributed by atoms with E-state index >= 15 is 0 Å². The van der Waals surface area contributed by atoms with Gasteiger partial charge < -0.3 is 20.7 Å². The van der Waals surface area contributed by atoms with Gasteiger partial charge in [0.15, 0.2) is 11.9 Å². The lowest BCUT2D eigenvalue weighted by atomic mass is 10.1. The number of fused-ring (bicyclic) bond motifs is 1. The Morgan fingerprint density at radius 1 is 1.32 bits per heavy atom. The second kappa shape index (κ2) is 4.49. The van der Waals surface area contributed by atoms with Crippen LogP contribution in [0.5, 0.6) is 0 Å². The second-order valence-corrected chi connectivity index (χ2v) is 4.57. The Labute approximate surface area is 108 Å². The van der Waals surface area contributed by atoms with E-state index in [-0.39, 0.29) is 6.54 Å². The Morgan fingerprint density at radius 2 is 2.11 bits per heavy atom. The monoisotopic (exact) mass is 265 g/mol. The topological polar surface area (TPSA) is 119 Å². The maximum absolute atomic E-state index is 10.0. The first kappa shape index (κ1) is 12.4. The molecule has 0 spiro atoms. The molecule has 0 unspecified atom stereocenters. The van der Waals surface area contributed by atoms with Gasteiger partial charge in [0.05, 0.1) is 12.0 Å². The lowest BCUT2D eigenvalue weighted by Gasteiger charge is -2.16. The normalized spacial score (nSPS) is 31.2. The third-order valence-corrected chi connectivity index (χ3v) is 3.39. The van der Waals surface area contributed by atoms with Crippen LogP contribution in [0.2, 0.25) is 0 Å². The Balaban J connectivity index is 2.04. The van der Waals surface area contributed by atoms with E-state index in [9.17, 15) is 10.2 Å². The summed E-state index contributed by atoms with van der Waals surface area (Å²) >= 11 is 0. The Kier molecular flexibility index (Phi) is 2.94. The van der Waals surface area contributed by atoms with Crippen LogP contribution < -0.4 is 5.73 Å². The third-order valence-electron chi connectivity index (χ3n) is 3.39. The average molecular weight is 265 g/mol. The molecule has 4 N–H and O–H groups in total. The summed E-state index contributed by atoms with van der Waals surface area (Å²) in [5.41, 5.74) is 7.43. The summed E-state index contributed by atoms with van der Waals surface area (Å²) in [5.74, 6) is 0. The zero-order valence-corrected chi connectivity index (χ0v) is 10.3. The molecule has 0 bridgehead atoms. The number of aliphatic hydroxyl groups excluding tert-OH is 2. The van der Waals surface area contributed by atoms with Gasteiger partial charge in [-0.25, -0.2) is 15.0 Å². The number of aliphatic hydroxyl groups is 2. The van der Waals surface area contributed by atoms with E-state index in [2.05, 4.69) is 15.0 Å². The van der Waals surface area contributed by atoms with Crippen molar-refractivity contribution in [2.75, 3.05) is 6.54 Å². The van der Waals surface area contributed by atoms with Crippen LogP contribution in [-0.2, 0) is 4.74 Å². The van der Waals surface area contributed by atoms with E-state index in [1.165, 1.54) is 12.7 Å². The molecule has 1 aliphatic heterocycles. The van der Waals surface area contributed by atoms with Crippen molar-refractivity contribution in [2.45, 2.75) is 31.5 Å². The maximum Gasteiger partial charge on any atom is 0.165 e. The number of ether oxygens (including phenoxy) is 1. The van der Waals surface area contributed by atoms with Gasteiger partial charge in [-0.2, -0.15) is 0 Å². The molecule has 0 radical (unpaired) electrons. The first-order valence-corrected chi connectivity index (χ1v) is 5.99. The highest BCUT2D eigenvalue weighted by atomic mass is 16.6. The van der Waals surface area contributed by atoms with Crippen LogP contribution in [0.3, 0.4) is 0 Å². The number of nitrogens with zero attached hydrogens (tertiary/aromatic N) is 4. The summed E-state index contributed by atoms with van der Waals surface area (Å²) in [6, 6.07) is 0. The first-order valence-electron chi connectivity index (χ1n) is 5.99. The zero-order chi connectivity index (χ0) is 13.6. The fourth-order valence-electron chi connectivity index (χ4n) is 2.31. The lowest BCUT2D eigenvalue weighted by molar-refractivity contribution is -0.0322. The van der Waals surface area contributed by atoms with Crippen LogP contribution in [0.25, 0.3) is 11.2 Å². The molecule has 2 aromatic rings. The van der Waals surface area contributed by atoms with E-state index in [0.717, 1.165) is 5.69 Å². The lowest BCUT2D eigenvalue weighted by Crippen LogP contribution is -2.35. The first-order chi connectivity index (χ1) is 9.13. The summed E-state index contributed by atoms with van der Waals surface area (Å²) < 4.78 is 7.16. The molecule has 0 amide bonds. The van der Waals surface area contributed by atoms with Crippen molar-refractivity contribution in [3.63, 3.8) is 0 Å². The zero-order valence-electron chi connectivity index (χ0n) is 10.3. The van der Waals surface area contributed by atoms with Crippen LogP contribution in [0.15, 0.2) is 12.7 Å². The molecule has 102 valence electrons. The smallest absolute Gasteiger partial charge is 0.165 e. The van der Waals surface area contributed by atoms with Crippen molar-refractivity contribution in [3.05, 3.63) is 18.3 Å². The van der Waals surface area contributed by atoms with Gasteiger partial charge in [-0.15, -0.1) is 0 Å². The van der Waals surface area contributed by atoms with Gasteiger partial charge in [-0.05, 0) is 6.92 Å². The number of hydrogen-bond acceptors (Lipinski definition) is 7. The predicted molar refractivity (Wildman–Crippen MR) is 65.0 cm³/mol. The number of imidazole rings is 1. The highest BCUT2D eigenvalue weighted by Crippen LogP contribution is 2.31. The molecule has 19 heavy (non-hydrogen) atoms. The fourth-order valence-corrected chi connectivity index (χ4v) is 2.31. The SMILES string of the molecule is Cc1ncnc2c1ncn2[C@@H]1O[C@H](CN)[C@@H](O)[C@H]1O. The fraction of sp³-hybridized carbons (Fsp3) is 0.545. The van der Waals surface area contributed by atoms with Crippen molar-refractivity contribution in [2.24, 2.45) is 5.73 Å². The van der Waals surface area contributed by atoms with E-state index in [1.54, 1.807) is 4.57 Å². The minimum Gasteiger partial charge on any atom is -0.387 e. The van der Waals surface area contributed by atoms with Crippen molar-refractivity contribution < 1.29 is 14.9 Å². The van der Waals surface area contributed by atoms with Crippen LogP contribution in [0, 0.1) is 6.92 Å². The number of rotatable bonds is 2. The quantitative estimate of drug-likeness (QED) is 0.618. The molecule has 1 aliphatic rings. The molecule has 3 rings (SSSR count). The maximum atomic E-state index is 10.0. The minimum atomic E-state index is -1.07. The van der Waals surface area contributed by atoms with Crippen molar-refractivity contribution in [1.82, 2.24) is 19.5 Å². The van der Waals surface area contributed by atoms with E-state index in [1.807, 2.05) is 6.92 Å². The van der Waals surface area contributed by atoms with E-state index < -0.39 is 24.5 Å². The number of nitrogens with two attached hydrogens (primary N) is 1. The van der Waals surface area contributed by atoms with Crippen molar-refractivity contribution in [1.29, 1.82) is 0 Å². The Hall–Kier alpha value is -1.61. The molecule has 0 aromatic carbocycles. The van der Waals surface area contributed by atoms with Crippen LogP contribution >= 0.6 is 0 Å². The molecular weight excluding hydrogens is 250 g/mol. The molecule has 0 aliphatic carbocycles. The van der Waals surface area contributed by atoms with Crippen molar-refractivity contribution in [3.8, 4) is 0 Å². The molecule has 8 nitrogen and oxygen atoms in total. The van der Waals surface area contributed by atoms with E-state index in [0.29, 0.717) is 11.2 Å². The van der Waals surface area contributed by atoms with Gasteiger partial charge in [0.1, 0.15) is 30.2 Å². The van der Waals surface area contributed by atoms with Gasteiger partial charge >= 0.3 is 0 Å². The Bertz CT molecular complexity index is 601. The van der Waals surface area contributed by atoms with Gasteiger partial charge in [-0.3, -0.25) is 4.57 Å². The van der Waals surface area contributed by atoms with Gasteiger partial charge in [0.2, 0.25) is 0 Å². The molecular formula is C11H15N5O3. The molecule has 1 saturated heterocycles. The molecule has 1 fully saturated rings. The van der Waals surface area contributed by atoms with Crippen molar-refractivity contribution >= 4 is 11.2 Å². The molecule has 4 atom stereocenters. The number of aromatic nitrogens is 4. The van der Waals surface area contributed by atoms with Gasteiger partial charge in [0.25, 0.3) is 0 Å². The molecule has 2 aromatic heterocycles. The third kappa shape index (κ3) is 1.80. The summed E-state index contributed by atoms with van der Waals surface area (Å²) in [6.07, 6.45) is -0.486. The highest BCUT2D eigenvalue weighted by Gasteiger charge is 2.43. The number of hydrogen-bond donors (Lipinski definition) is 3. The largest absolute Gasteiger partial charge is 0.387 e. The summed E-state index contributed by atoms with van der Waals surface area (Å²) in [5, 5.41) is 19.9. The molecule has 3 heterocycles.